The Morgan fingerprint density at radius 3 is 3.06 bits per heavy atom. The van der Waals surface area contributed by atoms with E-state index in [2.05, 4.69) is 20.8 Å². The third kappa shape index (κ3) is 2.51. The highest BCUT2D eigenvalue weighted by Crippen LogP contribution is 2.05. The quantitative estimate of drug-likeness (QED) is 0.537. The maximum absolute atomic E-state index is 10.6. The first kappa shape index (κ1) is 10.9. The van der Waals surface area contributed by atoms with Crippen LogP contribution in [0.4, 0.5) is 0 Å². The molecule has 0 bridgehead atoms. The van der Waals surface area contributed by atoms with Crippen molar-refractivity contribution < 1.29 is 9.53 Å². The minimum Gasteiger partial charge on any atom is -0.484 e. The van der Waals surface area contributed by atoms with Crippen molar-refractivity contribution in [2.24, 2.45) is 7.05 Å². The van der Waals surface area contributed by atoms with E-state index in [4.69, 9.17) is 17.0 Å². The van der Waals surface area contributed by atoms with Crippen molar-refractivity contribution in [2.75, 3.05) is 6.61 Å². The van der Waals surface area contributed by atoms with Crippen LogP contribution in [-0.4, -0.2) is 43.8 Å². The first-order chi connectivity index (χ1) is 7.65. The van der Waals surface area contributed by atoms with Crippen LogP contribution in [0.5, 0.6) is 0 Å². The molecule has 1 saturated heterocycles. The van der Waals surface area contributed by atoms with Crippen molar-refractivity contribution in [2.45, 2.75) is 18.9 Å². The molecule has 1 amide bonds. The van der Waals surface area contributed by atoms with E-state index in [9.17, 15) is 4.79 Å². The number of thiocarbonyl (C=S) groups is 1. The van der Waals surface area contributed by atoms with Gasteiger partial charge in [-0.05, 0) is 22.6 Å². The number of ether oxygens (including phenoxy) is 1. The molecule has 0 aliphatic carbocycles. The van der Waals surface area contributed by atoms with Gasteiger partial charge in [0.25, 0.3) is 0 Å². The number of carbonyl (C=O) groups excluding carboxylic acids is 1. The van der Waals surface area contributed by atoms with E-state index in [-0.39, 0.29) is 11.9 Å². The predicted molar refractivity (Wildman–Crippen MR) is 57.6 cm³/mol. The van der Waals surface area contributed by atoms with E-state index in [1.165, 1.54) is 0 Å². The van der Waals surface area contributed by atoms with Gasteiger partial charge in [-0.1, -0.05) is 0 Å². The number of amides is 1. The molecule has 16 heavy (non-hydrogen) atoms. The lowest BCUT2D eigenvalue weighted by molar-refractivity contribution is -0.128. The fraction of sp³-hybridized carbons (Fsp3) is 0.625. The number of aryl methyl sites for hydroxylation is 1. The van der Waals surface area contributed by atoms with Gasteiger partial charge in [0.1, 0.15) is 6.61 Å². The van der Waals surface area contributed by atoms with E-state index in [0.717, 1.165) is 0 Å². The summed E-state index contributed by atoms with van der Waals surface area (Å²) in [4.78, 5) is 10.6. The first-order valence-corrected chi connectivity index (χ1v) is 5.22. The number of tetrazole rings is 1. The molecule has 8 heteroatoms. The Kier molecular flexibility index (Phi) is 3.09. The van der Waals surface area contributed by atoms with E-state index in [1.54, 1.807) is 11.7 Å². The second-order valence-corrected chi connectivity index (χ2v) is 4.00. The summed E-state index contributed by atoms with van der Waals surface area (Å²) >= 11 is 5.04. The van der Waals surface area contributed by atoms with Crippen LogP contribution >= 0.6 is 12.2 Å². The summed E-state index contributed by atoms with van der Waals surface area (Å²) in [5, 5.41) is 14.1. The molecule has 1 aliphatic heterocycles. The van der Waals surface area contributed by atoms with Gasteiger partial charge in [-0.25, -0.2) is 4.68 Å². The van der Waals surface area contributed by atoms with Crippen LogP contribution in [0.1, 0.15) is 12.2 Å². The summed E-state index contributed by atoms with van der Waals surface area (Å²) in [5.41, 5.74) is 0. The van der Waals surface area contributed by atoms with Crippen LogP contribution in [0.25, 0.3) is 0 Å². The zero-order chi connectivity index (χ0) is 11.5. The molecule has 2 heterocycles. The Morgan fingerprint density at radius 2 is 2.50 bits per heavy atom. The molecule has 1 aromatic heterocycles. The molecule has 1 atom stereocenters. The summed E-state index contributed by atoms with van der Waals surface area (Å²) in [6, 6.07) is 0.0862. The van der Waals surface area contributed by atoms with Crippen LogP contribution in [0.3, 0.4) is 0 Å². The van der Waals surface area contributed by atoms with Crippen molar-refractivity contribution in [3.8, 4) is 0 Å². The molecule has 0 spiro atoms. The molecule has 1 fully saturated rings. The van der Waals surface area contributed by atoms with Crippen LogP contribution in [0.2, 0.25) is 0 Å². The Morgan fingerprint density at radius 1 is 1.75 bits per heavy atom. The highest BCUT2D eigenvalue weighted by molar-refractivity contribution is 7.80. The van der Waals surface area contributed by atoms with Gasteiger partial charge < -0.3 is 10.1 Å². The van der Waals surface area contributed by atoms with Gasteiger partial charge in [0.05, 0.1) is 18.9 Å². The van der Waals surface area contributed by atoms with Crippen LogP contribution < -0.4 is 5.32 Å². The summed E-state index contributed by atoms with van der Waals surface area (Å²) in [6.07, 6.45) is 0.910. The molecular formula is C8H11N5O2S. The minimum absolute atomic E-state index is 0.0528. The van der Waals surface area contributed by atoms with Crippen LogP contribution in [0.15, 0.2) is 0 Å². The van der Waals surface area contributed by atoms with Crippen molar-refractivity contribution in [3.63, 3.8) is 0 Å². The number of hydrogen-bond donors (Lipinski definition) is 1. The van der Waals surface area contributed by atoms with Gasteiger partial charge in [0, 0.05) is 7.05 Å². The van der Waals surface area contributed by atoms with Crippen LogP contribution in [-0.2, 0) is 23.0 Å². The topological polar surface area (TPSA) is 81.9 Å². The fourth-order valence-corrected chi connectivity index (χ4v) is 1.50. The molecule has 0 aromatic carbocycles. The summed E-state index contributed by atoms with van der Waals surface area (Å²) in [5.74, 6) is 0.708. The zero-order valence-corrected chi connectivity index (χ0v) is 9.53. The monoisotopic (exact) mass is 241 g/mol. The van der Waals surface area contributed by atoms with Crippen molar-refractivity contribution in [1.29, 1.82) is 0 Å². The lowest BCUT2D eigenvalue weighted by Crippen LogP contribution is -2.51. The van der Waals surface area contributed by atoms with Crippen molar-refractivity contribution in [3.05, 3.63) is 5.82 Å². The average Bonchev–Trinajstić information content (AvgIpc) is 2.58. The van der Waals surface area contributed by atoms with Crippen LogP contribution in [0, 0.1) is 0 Å². The average molecular weight is 241 g/mol. The molecule has 1 unspecified atom stereocenters. The zero-order valence-electron chi connectivity index (χ0n) is 8.71. The number of carbonyl (C=O) groups is 1. The SMILES string of the molecule is Cn1nnnc1CC(=S)OCC1CC(=O)N1. The summed E-state index contributed by atoms with van der Waals surface area (Å²) in [6.45, 7) is 0.413. The van der Waals surface area contributed by atoms with E-state index < -0.39 is 0 Å². The van der Waals surface area contributed by atoms with Gasteiger partial charge in [-0.3, -0.25) is 4.79 Å². The maximum Gasteiger partial charge on any atom is 0.222 e. The highest BCUT2D eigenvalue weighted by atomic mass is 32.1. The highest BCUT2D eigenvalue weighted by Gasteiger charge is 2.25. The summed E-state index contributed by atoms with van der Waals surface area (Å²) in [7, 11) is 1.74. The minimum atomic E-state index is 0.0528. The van der Waals surface area contributed by atoms with Gasteiger partial charge >= 0.3 is 0 Å². The number of hydrogen-bond acceptors (Lipinski definition) is 6. The largest absolute Gasteiger partial charge is 0.484 e. The normalized spacial score (nSPS) is 18.8. The number of nitrogens with zero attached hydrogens (tertiary/aromatic N) is 4. The number of β-lactam (4-membered cyclic amide) rings is 1. The van der Waals surface area contributed by atoms with Gasteiger partial charge in [-0.2, -0.15) is 0 Å². The molecular weight excluding hydrogens is 230 g/mol. The van der Waals surface area contributed by atoms with E-state index in [1.807, 2.05) is 0 Å². The third-order valence-electron chi connectivity index (χ3n) is 2.25. The molecule has 1 aliphatic rings. The Balaban J connectivity index is 1.72. The number of nitrogens with one attached hydrogen (secondary N) is 1. The van der Waals surface area contributed by atoms with Crippen molar-refractivity contribution in [1.82, 2.24) is 25.5 Å². The molecule has 7 nitrogen and oxygen atoms in total. The van der Waals surface area contributed by atoms with Gasteiger partial charge in [0.15, 0.2) is 10.9 Å². The smallest absolute Gasteiger partial charge is 0.222 e. The Bertz CT molecular complexity index is 410. The molecule has 0 saturated carbocycles. The molecule has 2 rings (SSSR count). The predicted octanol–water partition coefficient (Wildman–Crippen LogP) is -1.01. The third-order valence-corrected chi connectivity index (χ3v) is 2.51. The number of aromatic nitrogens is 4. The van der Waals surface area contributed by atoms with E-state index >= 15 is 0 Å². The Labute approximate surface area is 97.1 Å². The second-order valence-electron chi connectivity index (χ2n) is 3.55. The molecule has 1 aromatic rings. The number of rotatable bonds is 4. The maximum atomic E-state index is 10.6. The van der Waals surface area contributed by atoms with Gasteiger partial charge in [0.2, 0.25) is 5.91 Å². The van der Waals surface area contributed by atoms with Gasteiger partial charge in [-0.15, -0.1) is 5.10 Å². The molecule has 86 valence electrons. The molecule has 1 N–H and O–H groups in total. The summed E-state index contributed by atoms with van der Waals surface area (Å²) < 4.78 is 6.87. The lowest BCUT2D eigenvalue weighted by Gasteiger charge is -2.26. The standard InChI is InChI=1S/C8H11N5O2S/c1-13-6(10-11-12-13)3-8(16)15-4-5-2-7(14)9-5/h5H,2-4H2,1H3,(H,9,14). The fourth-order valence-electron chi connectivity index (χ4n) is 1.30. The van der Waals surface area contributed by atoms with Crippen molar-refractivity contribution >= 4 is 23.2 Å². The Hall–Kier alpha value is -1.57. The first-order valence-electron chi connectivity index (χ1n) is 4.81. The lowest BCUT2D eigenvalue weighted by atomic mass is 10.1. The van der Waals surface area contributed by atoms with E-state index in [0.29, 0.717) is 30.3 Å². The second kappa shape index (κ2) is 4.52. The molecule has 0 radical (unpaired) electrons.